The van der Waals surface area contributed by atoms with E-state index in [2.05, 4.69) is 16.0 Å². The van der Waals surface area contributed by atoms with Crippen molar-refractivity contribution in [1.82, 2.24) is 0 Å². The van der Waals surface area contributed by atoms with Crippen LogP contribution in [-0.2, 0) is 4.79 Å². The molecule has 26 heavy (non-hydrogen) atoms. The van der Waals surface area contributed by atoms with E-state index >= 15 is 0 Å². The highest BCUT2D eigenvalue weighted by Crippen LogP contribution is 2.28. The standard InChI is InChI=1S/C19H22N4O2.ClH/c20-19(11-4-5-12-19)17(24)21-15-9-6-10-16(13-15)23-18(25)22-14-7-2-1-3-8-14;/h1-3,6-10,13H,4-5,11-12,20H2,(H,21,24)(H2,22,23,25);1H. The van der Waals surface area contributed by atoms with Gasteiger partial charge in [-0.3, -0.25) is 4.79 Å². The highest BCUT2D eigenvalue weighted by molar-refractivity contribution is 6.01. The lowest BCUT2D eigenvalue weighted by Gasteiger charge is -2.22. The zero-order valence-electron chi connectivity index (χ0n) is 14.3. The smallest absolute Gasteiger partial charge is 0.323 e. The van der Waals surface area contributed by atoms with Gasteiger partial charge in [-0.25, -0.2) is 4.79 Å². The van der Waals surface area contributed by atoms with Crippen molar-refractivity contribution in [3.8, 4) is 0 Å². The second-order valence-corrected chi connectivity index (χ2v) is 6.34. The number of para-hydroxylation sites is 1. The maximum Gasteiger partial charge on any atom is 0.323 e. The Bertz CT molecular complexity index is 761. The summed E-state index contributed by atoms with van der Waals surface area (Å²) < 4.78 is 0. The molecule has 2 aromatic carbocycles. The number of carbonyl (C=O) groups is 2. The molecular formula is C19H23ClN4O2. The van der Waals surface area contributed by atoms with Gasteiger partial charge in [0.2, 0.25) is 5.91 Å². The van der Waals surface area contributed by atoms with E-state index in [-0.39, 0.29) is 24.3 Å². The quantitative estimate of drug-likeness (QED) is 0.652. The third-order valence-electron chi connectivity index (χ3n) is 4.36. The van der Waals surface area contributed by atoms with E-state index in [1.165, 1.54) is 0 Å². The van der Waals surface area contributed by atoms with Crippen molar-refractivity contribution in [1.29, 1.82) is 0 Å². The summed E-state index contributed by atoms with van der Waals surface area (Å²) in [6.07, 6.45) is 3.36. The largest absolute Gasteiger partial charge is 0.324 e. The van der Waals surface area contributed by atoms with Gasteiger partial charge in [0.25, 0.3) is 0 Å². The fourth-order valence-corrected chi connectivity index (χ4v) is 2.98. The van der Waals surface area contributed by atoms with Crippen molar-refractivity contribution in [3.05, 3.63) is 54.6 Å². The Morgan fingerprint density at radius 2 is 1.35 bits per heavy atom. The summed E-state index contributed by atoms with van der Waals surface area (Å²) in [6.45, 7) is 0. The Labute approximate surface area is 159 Å². The van der Waals surface area contributed by atoms with Crippen molar-refractivity contribution < 1.29 is 9.59 Å². The molecule has 0 aromatic heterocycles. The first-order chi connectivity index (χ1) is 12.0. The molecule has 0 heterocycles. The van der Waals surface area contributed by atoms with E-state index in [9.17, 15) is 9.59 Å². The van der Waals surface area contributed by atoms with E-state index in [1.54, 1.807) is 36.4 Å². The third kappa shape index (κ3) is 4.97. The molecule has 138 valence electrons. The van der Waals surface area contributed by atoms with Crippen molar-refractivity contribution in [2.45, 2.75) is 31.2 Å². The predicted molar refractivity (Wildman–Crippen MR) is 107 cm³/mol. The average molecular weight is 375 g/mol. The van der Waals surface area contributed by atoms with Gasteiger partial charge in [0, 0.05) is 17.1 Å². The Hall–Kier alpha value is -2.57. The second kappa shape index (κ2) is 8.69. The molecule has 0 unspecified atom stereocenters. The predicted octanol–water partition coefficient (Wildman–Crippen LogP) is 3.96. The number of carbonyl (C=O) groups excluding carboxylic acids is 2. The van der Waals surface area contributed by atoms with E-state index in [1.807, 2.05) is 18.2 Å². The monoisotopic (exact) mass is 374 g/mol. The molecule has 1 saturated carbocycles. The lowest BCUT2D eigenvalue weighted by atomic mass is 9.98. The Morgan fingerprint density at radius 3 is 2.00 bits per heavy atom. The topological polar surface area (TPSA) is 96.2 Å². The molecule has 0 radical (unpaired) electrons. The summed E-state index contributed by atoms with van der Waals surface area (Å²) in [6, 6.07) is 15.8. The number of nitrogens with one attached hydrogen (secondary N) is 3. The highest BCUT2D eigenvalue weighted by Gasteiger charge is 2.36. The van der Waals surface area contributed by atoms with Gasteiger partial charge in [-0.1, -0.05) is 37.1 Å². The molecule has 3 amide bonds. The molecule has 3 rings (SSSR count). The fraction of sp³-hybridized carbons (Fsp3) is 0.263. The minimum absolute atomic E-state index is 0. The van der Waals surface area contributed by atoms with Crippen LogP contribution >= 0.6 is 12.4 Å². The molecule has 0 atom stereocenters. The van der Waals surface area contributed by atoms with Crippen LogP contribution in [0, 0.1) is 0 Å². The summed E-state index contributed by atoms with van der Waals surface area (Å²) in [4.78, 5) is 24.4. The van der Waals surface area contributed by atoms with E-state index in [0.717, 1.165) is 12.8 Å². The van der Waals surface area contributed by atoms with Crippen LogP contribution in [-0.4, -0.2) is 17.5 Å². The minimum atomic E-state index is -0.784. The number of anilines is 3. The molecule has 0 aliphatic heterocycles. The number of amides is 3. The number of nitrogens with two attached hydrogens (primary N) is 1. The van der Waals surface area contributed by atoms with E-state index in [0.29, 0.717) is 29.9 Å². The Morgan fingerprint density at radius 1 is 0.808 bits per heavy atom. The summed E-state index contributed by atoms with van der Waals surface area (Å²) >= 11 is 0. The SMILES string of the molecule is Cl.NC1(C(=O)Nc2cccc(NC(=O)Nc3ccccc3)c2)CCCC1. The number of hydrogen-bond donors (Lipinski definition) is 4. The van der Waals surface area contributed by atoms with Crippen LogP contribution < -0.4 is 21.7 Å². The lowest BCUT2D eigenvalue weighted by molar-refractivity contribution is -0.121. The van der Waals surface area contributed by atoms with Crippen LogP contribution in [0.3, 0.4) is 0 Å². The molecule has 5 N–H and O–H groups in total. The van der Waals surface area contributed by atoms with Gasteiger partial charge in [-0.15, -0.1) is 12.4 Å². The molecule has 6 nitrogen and oxygen atoms in total. The normalized spacial score (nSPS) is 14.8. The third-order valence-corrected chi connectivity index (χ3v) is 4.36. The van der Waals surface area contributed by atoms with Gasteiger partial charge in [0.05, 0.1) is 5.54 Å². The van der Waals surface area contributed by atoms with Crippen LogP contribution in [0.2, 0.25) is 0 Å². The number of hydrogen-bond acceptors (Lipinski definition) is 3. The second-order valence-electron chi connectivity index (χ2n) is 6.34. The van der Waals surface area contributed by atoms with Crippen LogP contribution in [0.4, 0.5) is 21.9 Å². The first-order valence-corrected chi connectivity index (χ1v) is 8.39. The van der Waals surface area contributed by atoms with Gasteiger partial charge >= 0.3 is 6.03 Å². The van der Waals surface area contributed by atoms with E-state index in [4.69, 9.17) is 5.73 Å². The molecule has 1 aliphatic carbocycles. The minimum Gasteiger partial charge on any atom is -0.324 e. The zero-order chi connectivity index (χ0) is 17.7. The maximum atomic E-state index is 12.4. The van der Waals surface area contributed by atoms with Crippen LogP contribution in [0.1, 0.15) is 25.7 Å². The number of halogens is 1. The summed E-state index contributed by atoms with van der Waals surface area (Å²) in [5, 5.41) is 8.35. The molecule has 1 aliphatic rings. The summed E-state index contributed by atoms with van der Waals surface area (Å²) in [5.41, 5.74) is 7.28. The lowest BCUT2D eigenvalue weighted by Crippen LogP contribution is -2.48. The van der Waals surface area contributed by atoms with Crippen molar-refractivity contribution in [2.75, 3.05) is 16.0 Å². The molecule has 0 bridgehead atoms. The number of benzene rings is 2. The number of rotatable bonds is 4. The first-order valence-electron chi connectivity index (χ1n) is 8.39. The van der Waals surface area contributed by atoms with E-state index < -0.39 is 5.54 Å². The Balaban J connectivity index is 0.00000243. The highest BCUT2D eigenvalue weighted by atomic mass is 35.5. The number of urea groups is 1. The fourth-order valence-electron chi connectivity index (χ4n) is 2.98. The van der Waals surface area contributed by atoms with Gasteiger partial charge < -0.3 is 21.7 Å². The van der Waals surface area contributed by atoms with Crippen LogP contribution in [0.5, 0.6) is 0 Å². The molecule has 7 heteroatoms. The molecule has 0 spiro atoms. The molecule has 1 fully saturated rings. The molecule has 2 aromatic rings. The van der Waals surface area contributed by atoms with Crippen LogP contribution in [0.25, 0.3) is 0 Å². The zero-order valence-corrected chi connectivity index (χ0v) is 15.1. The van der Waals surface area contributed by atoms with Crippen molar-refractivity contribution >= 4 is 41.4 Å². The Kier molecular flexibility index (Phi) is 6.60. The van der Waals surface area contributed by atoms with Gasteiger partial charge in [-0.2, -0.15) is 0 Å². The van der Waals surface area contributed by atoms with Gasteiger partial charge in [0.15, 0.2) is 0 Å². The molecular weight excluding hydrogens is 352 g/mol. The molecule has 0 saturated heterocycles. The summed E-state index contributed by atoms with van der Waals surface area (Å²) in [7, 11) is 0. The van der Waals surface area contributed by atoms with Crippen molar-refractivity contribution in [2.24, 2.45) is 5.73 Å². The van der Waals surface area contributed by atoms with Gasteiger partial charge in [0.1, 0.15) is 0 Å². The summed E-state index contributed by atoms with van der Waals surface area (Å²) in [5.74, 6) is -0.170. The maximum absolute atomic E-state index is 12.4. The average Bonchev–Trinajstić information content (AvgIpc) is 3.04. The first kappa shape index (κ1) is 19.8. The van der Waals surface area contributed by atoms with Crippen LogP contribution in [0.15, 0.2) is 54.6 Å². The van der Waals surface area contributed by atoms with Gasteiger partial charge in [-0.05, 0) is 43.2 Å². The van der Waals surface area contributed by atoms with Crippen molar-refractivity contribution in [3.63, 3.8) is 0 Å².